The van der Waals surface area contributed by atoms with Gasteiger partial charge in [0, 0.05) is 6.42 Å². The lowest BCUT2D eigenvalue weighted by Gasteiger charge is -2.40. The summed E-state index contributed by atoms with van der Waals surface area (Å²) >= 11 is 0. The van der Waals surface area contributed by atoms with E-state index in [0.717, 1.165) is 109 Å². The van der Waals surface area contributed by atoms with Gasteiger partial charge in [-0.15, -0.1) is 0 Å². The molecule has 0 aromatic heterocycles. The molecule has 1 fully saturated rings. The van der Waals surface area contributed by atoms with Gasteiger partial charge in [0.2, 0.25) is 5.91 Å². The maximum absolute atomic E-state index is 13.1. The predicted molar refractivity (Wildman–Crippen MR) is 331 cm³/mol. The number of allylic oxidation sites excluding steroid dienone is 19. The number of aliphatic hydroxyl groups excluding tert-OH is 5. The van der Waals surface area contributed by atoms with E-state index in [9.17, 15) is 30.3 Å². The first-order valence-electron chi connectivity index (χ1n) is 31.8. The number of carbonyl (C=O) groups excluding carboxylic acids is 1. The third kappa shape index (κ3) is 45.3. The van der Waals surface area contributed by atoms with E-state index in [1.54, 1.807) is 6.08 Å². The van der Waals surface area contributed by atoms with E-state index < -0.39 is 49.5 Å². The smallest absolute Gasteiger partial charge is 0.220 e. The summed E-state index contributed by atoms with van der Waals surface area (Å²) in [6, 6.07) is -0.839. The van der Waals surface area contributed by atoms with E-state index in [0.29, 0.717) is 6.42 Å². The molecule has 0 aromatic rings. The summed E-state index contributed by atoms with van der Waals surface area (Å²) in [7, 11) is 0. The Hall–Kier alpha value is -3.41. The molecule has 7 unspecified atom stereocenters. The number of unbranched alkanes of at least 4 members (excludes halogenated alkanes) is 25. The first-order chi connectivity index (χ1) is 38.3. The Kier molecular flexibility index (Phi) is 52.9. The number of ether oxygens (including phenoxy) is 2. The van der Waals surface area contributed by atoms with E-state index in [4.69, 9.17) is 9.47 Å². The van der Waals surface area contributed by atoms with Crippen LogP contribution in [0, 0.1) is 0 Å². The summed E-state index contributed by atoms with van der Waals surface area (Å²) < 4.78 is 11.3. The van der Waals surface area contributed by atoms with Crippen LogP contribution in [0.5, 0.6) is 0 Å². The fraction of sp³-hybridized carbons (Fsp3) is 0.696. The first kappa shape index (κ1) is 72.6. The van der Waals surface area contributed by atoms with Crippen molar-refractivity contribution < 1.29 is 39.8 Å². The summed E-state index contributed by atoms with van der Waals surface area (Å²) in [4.78, 5) is 13.1. The molecule has 1 rings (SSSR count). The largest absolute Gasteiger partial charge is 0.394 e. The summed E-state index contributed by atoms with van der Waals surface area (Å²) in [5.41, 5.74) is 0. The second-order valence-corrected chi connectivity index (χ2v) is 21.4. The number of hydrogen-bond donors (Lipinski definition) is 6. The van der Waals surface area contributed by atoms with Crippen molar-refractivity contribution >= 4 is 5.91 Å². The molecule has 0 aromatic carbocycles. The van der Waals surface area contributed by atoms with Crippen LogP contribution in [0.15, 0.2) is 122 Å². The van der Waals surface area contributed by atoms with Crippen molar-refractivity contribution in [2.45, 2.75) is 294 Å². The lowest BCUT2D eigenvalue weighted by molar-refractivity contribution is -0.302. The van der Waals surface area contributed by atoms with E-state index in [2.05, 4.69) is 129 Å². The lowest BCUT2D eigenvalue weighted by Crippen LogP contribution is -2.60. The standard InChI is InChI=1S/C69H117NO8/c1-3-5-7-9-11-13-15-17-19-21-23-25-27-28-29-30-31-32-33-34-35-36-37-39-41-43-45-47-49-51-53-55-57-59-65(73)70-62(61-77-69-68(76)67(75)66(74)64(60-71)78-69)63(72)58-56-54-52-50-48-46-44-42-40-38-26-24-22-20-18-16-14-12-10-8-6-4-2/h5,7,11,13,17,19,23,25,28-29,31-32,34-35,40,42,48,50,56,58,62-64,66-69,71-72,74-76H,3-4,6,8-10,12,14-16,18,20-22,24,26-27,30,33,36-39,41,43-47,49,51-55,57,59-61H2,1-2H3,(H,70,73)/b7-5-,13-11-,19-17-,25-23-,29-28-,32-31-,35-34-,42-40+,50-48+,58-56+. The highest BCUT2D eigenvalue weighted by Crippen LogP contribution is 2.23. The van der Waals surface area contributed by atoms with Crippen molar-refractivity contribution in [2.24, 2.45) is 0 Å². The molecule has 0 saturated carbocycles. The van der Waals surface area contributed by atoms with Gasteiger partial charge in [0.05, 0.1) is 25.4 Å². The maximum Gasteiger partial charge on any atom is 0.220 e. The average Bonchev–Trinajstić information content (AvgIpc) is 3.45. The number of hydrogen-bond acceptors (Lipinski definition) is 8. The SMILES string of the molecule is CC/C=C\C/C=C\C/C=C\C/C=C\C/C=C\C/C=C\C/C=C\CCCCCCCCCCCCCC(=O)NC(COC1OC(CO)C(O)C(O)C1O)C(O)/C=C/CC/C=C/CC/C=C/CCCCCCCCCCCCCC. The van der Waals surface area contributed by atoms with E-state index in [1.807, 2.05) is 6.08 Å². The average molecular weight is 1090 g/mol. The second kappa shape index (κ2) is 56.8. The lowest BCUT2D eigenvalue weighted by atomic mass is 9.99. The molecule has 446 valence electrons. The van der Waals surface area contributed by atoms with Gasteiger partial charge < -0.3 is 40.3 Å². The summed E-state index contributed by atoms with van der Waals surface area (Å²) in [5.74, 6) is -0.198. The Morgan fingerprint density at radius 3 is 1.23 bits per heavy atom. The van der Waals surface area contributed by atoms with Crippen molar-refractivity contribution in [3.05, 3.63) is 122 Å². The van der Waals surface area contributed by atoms with Crippen molar-refractivity contribution in [2.75, 3.05) is 13.2 Å². The minimum absolute atomic E-state index is 0.198. The number of amides is 1. The zero-order valence-corrected chi connectivity index (χ0v) is 49.6. The molecule has 9 heteroatoms. The Morgan fingerprint density at radius 1 is 0.449 bits per heavy atom. The first-order valence-corrected chi connectivity index (χ1v) is 31.8. The molecule has 0 bridgehead atoms. The number of aliphatic hydroxyl groups is 5. The summed E-state index contributed by atoms with van der Waals surface area (Å²) in [6.45, 7) is 3.65. The van der Waals surface area contributed by atoms with E-state index in [-0.39, 0.29) is 12.5 Å². The van der Waals surface area contributed by atoms with Crippen LogP contribution in [0.2, 0.25) is 0 Å². The van der Waals surface area contributed by atoms with Crippen molar-refractivity contribution in [3.8, 4) is 0 Å². The van der Waals surface area contributed by atoms with Gasteiger partial charge in [-0.2, -0.15) is 0 Å². The molecule has 1 heterocycles. The summed E-state index contributed by atoms with van der Waals surface area (Å²) in [5, 5.41) is 54.6. The molecule has 0 spiro atoms. The number of carbonyl (C=O) groups is 1. The van der Waals surface area contributed by atoms with Crippen LogP contribution >= 0.6 is 0 Å². The molecule has 1 saturated heterocycles. The Balaban J connectivity index is 2.22. The highest BCUT2D eigenvalue weighted by molar-refractivity contribution is 5.76. The number of nitrogens with one attached hydrogen (secondary N) is 1. The fourth-order valence-corrected chi connectivity index (χ4v) is 9.29. The van der Waals surface area contributed by atoms with Crippen LogP contribution in [0.1, 0.15) is 251 Å². The summed E-state index contributed by atoms with van der Waals surface area (Å²) in [6.07, 6.45) is 78.4. The number of rotatable bonds is 53. The van der Waals surface area contributed by atoms with Crippen LogP contribution in [0.4, 0.5) is 0 Å². The molecule has 6 N–H and O–H groups in total. The van der Waals surface area contributed by atoms with Crippen molar-refractivity contribution in [1.29, 1.82) is 0 Å². The molecule has 1 aliphatic heterocycles. The Bertz CT molecular complexity index is 1640. The van der Waals surface area contributed by atoms with Crippen molar-refractivity contribution in [1.82, 2.24) is 5.32 Å². The van der Waals surface area contributed by atoms with Crippen molar-refractivity contribution in [3.63, 3.8) is 0 Å². The van der Waals surface area contributed by atoms with Gasteiger partial charge in [0.15, 0.2) is 6.29 Å². The third-order valence-corrected chi connectivity index (χ3v) is 14.2. The quantitative estimate of drug-likeness (QED) is 0.0261. The third-order valence-electron chi connectivity index (χ3n) is 14.2. The van der Waals surface area contributed by atoms with Gasteiger partial charge in [-0.3, -0.25) is 4.79 Å². The molecule has 0 aliphatic carbocycles. The molecule has 7 atom stereocenters. The molecule has 0 radical (unpaired) electrons. The monoisotopic (exact) mass is 1090 g/mol. The van der Waals surface area contributed by atoms with Crippen LogP contribution in [-0.2, 0) is 14.3 Å². The topological polar surface area (TPSA) is 149 Å². The predicted octanol–water partition coefficient (Wildman–Crippen LogP) is 16.7. The van der Waals surface area contributed by atoms with Crippen LogP contribution in [0.3, 0.4) is 0 Å². The highest BCUT2D eigenvalue weighted by Gasteiger charge is 2.44. The zero-order chi connectivity index (χ0) is 56.5. The molecular formula is C69H117NO8. The zero-order valence-electron chi connectivity index (χ0n) is 49.6. The van der Waals surface area contributed by atoms with E-state index in [1.165, 1.54) is 122 Å². The molecule has 1 aliphatic rings. The van der Waals surface area contributed by atoms with Gasteiger partial charge in [-0.05, 0) is 103 Å². The maximum atomic E-state index is 13.1. The van der Waals surface area contributed by atoms with Crippen LogP contribution in [-0.4, -0.2) is 87.5 Å². The molecule has 1 amide bonds. The Morgan fingerprint density at radius 2 is 0.808 bits per heavy atom. The normalized spacial score (nSPS) is 19.5. The fourth-order valence-electron chi connectivity index (χ4n) is 9.29. The minimum Gasteiger partial charge on any atom is -0.394 e. The van der Waals surface area contributed by atoms with Gasteiger partial charge in [-0.25, -0.2) is 0 Å². The minimum atomic E-state index is -1.58. The molecular weight excluding hydrogens is 971 g/mol. The van der Waals surface area contributed by atoms with Gasteiger partial charge in [0.25, 0.3) is 0 Å². The Labute approximate surface area is 478 Å². The molecule has 78 heavy (non-hydrogen) atoms. The van der Waals surface area contributed by atoms with Crippen LogP contribution in [0.25, 0.3) is 0 Å². The molecule has 9 nitrogen and oxygen atoms in total. The highest BCUT2D eigenvalue weighted by atomic mass is 16.7. The van der Waals surface area contributed by atoms with E-state index >= 15 is 0 Å². The van der Waals surface area contributed by atoms with Gasteiger partial charge >= 0.3 is 0 Å². The van der Waals surface area contributed by atoms with Crippen LogP contribution < -0.4 is 5.32 Å². The second-order valence-electron chi connectivity index (χ2n) is 21.4. The van der Waals surface area contributed by atoms with Gasteiger partial charge in [-0.1, -0.05) is 264 Å². The van der Waals surface area contributed by atoms with Gasteiger partial charge in [0.1, 0.15) is 24.4 Å².